The summed E-state index contributed by atoms with van der Waals surface area (Å²) in [5.41, 5.74) is 6.10. The molecule has 13 nitrogen and oxygen atoms in total. The number of carbonyl (C=O) groups is 3. The number of anilines is 4. The number of para-hydroxylation sites is 1. The smallest absolute Gasteiger partial charge is 0.273 e. The Morgan fingerprint density at radius 1 is 1.05 bits per heavy atom. The van der Waals surface area contributed by atoms with Gasteiger partial charge in [0.2, 0.25) is 5.91 Å². The average Bonchev–Trinajstić information content (AvgIpc) is 3.78. The van der Waals surface area contributed by atoms with Crippen molar-refractivity contribution < 1.29 is 14.4 Å². The van der Waals surface area contributed by atoms with E-state index in [9.17, 15) is 14.4 Å². The first-order valence-electron chi connectivity index (χ1n) is 14.0. The van der Waals surface area contributed by atoms with E-state index >= 15 is 0 Å². The first-order valence-corrected chi connectivity index (χ1v) is 14.0. The molecule has 0 atom stereocenters. The van der Waals surface area contributed by atoms with Gasteiger partial charge in [0.15, 0.2) is 11.5 Å². The minimum atomic E-state index is -0.409. The van der Waals surface area contributed by atoms with Crippen LogP contribution in [-0.4, -0.2) is 68.7 Å². The second-order valence-corrected chi connectivity index (χ2v) is 10.9. The number of pyridine rings is 1. The maximum absolute atomic E-state index is 13.2. The predicted molar refractivity (Wildman–Crippen MR) is 161 cm³/mol. The number of nitrogens with one attached hydrogen (secondary N) is 3. The van der Waals surface area contributed by atoms with Crippen molar-refractivity contribution in [1.29, 1.82) is 0 Å². The number of hydrogen-bond acceptors (Lipinski definition) is 9. The molecule has 0 saturated heterocycles. The summed E-state index contributed by atoms with van der Waals surface area (Å²) in [5.74, 6) is -0.432. The van der Waals surface area contributed by atoms with Gasteiger partial charge in [-0.2, -0.15) is 5.10 Å². The van der Waals surface area contributed by atoms with Crippen LogP contribution in [-0.2, 0) is 24.9 Å². The molecule has 3 amide bonds. The number of nitrogens with zero attached hydrogens (tertiary/aromatic N) is 7. The lowest BCUT2D eigenvalue weighted by Crippen LogP contribution is -2.28. The number of carbonyl (C=O) groups excluding carboxylic acids is 3. The molecule has 0 radical (unpaired) electrons. The zero-order valence-electron chi connectivity index (χ0n) is 24.4. The Kier molecular flexibility index (Phi) is 7.22. The van der Waals surface area contributed by atoms with Crippen molar-refractivity contribution in [2.24, 2.45) is 13.0 Å². The standard InChI is InChI=1S/C30H32N10O3/c1-31-29(42)26-23(13-25(35-36-26)34-28(41)17-8-9-17)33-22-7-5-6-20-21-14-32-24(12-18(21)15-38(2)27(20)22)30(43)39(3)16-19-10-11-40(4)37-19/h5-7,10-14,17H,8-9,15-16H2,1-4H3,(H,31,42)(H2,33,34,35,41). The molecule has 1 aliphatic carbocycles. The van der Waals surface area contributed by atoms with Crippen molar-refractivity contribution in [2.45, 2.75) is 25.9 Å². The quantitative estimate of drug-likeness (QED) is 0.286. The monoisotopic (exact) mass is 580 g/mol. The molecule has 3 aromatic heterocycles. The molecule has 220 valence electrons. The van der Waals surface area contributed by atoms with Crippen LogP contribution < -0.4 is 20.9 Å². The minimum absolute atomic E-state index is 0.00243. The van der Waals surface area contributed by atoms with Gasteiger partial charge in [-0.15, -0.1) is 10.2 Å². The number of aryl methyl sites for hydroxylation is 1. The average molecular weight is 581 g/mol. The molecule has 1 aromatic carbocycles. The fraction of sp³-hybridized carbons (Fsp3) is 0.300. The highest BCUT2D eigenvalue weighted by Crippen LogP contribution is 2.44. The third-order valence-electron chi connectivity index (χ3n) is 7.54. The molecule has 1 aliphatic heterocycles. The van der Waals surface area contributed by atoms with E-state index in [4.69, 9.17) is 0 Å². The molecule has 4 aromatic rings. The molecule has 1 fully saturated rings. The van der Waals surface area contributed by atoms with Crippen molar-refractivity contribution in [3.05, 3.63) is 71.4 Å². The van der Waals surface area contributed by atoms with Crippen LogP contribution in [0.4, 0.5) is 22.9 Å². The number of benzene rings is 1. The summed E-state index contributed by atoms with van der Waals surface area (Å²) in [7, 11) is 7.07. The third kappa shape index (κ3) is 5.61. The van der Waals surface area contributed by atoms with E-state index in [-0.39, 0.29) is 29.2 Å². The van der Waals surface area contributed by atoms with Gasteiger partial charge in [-0.05, 0) is 36.6 Å². The van der Waals surface area contributed by atoms with Gasteiger partial charge >= 0.3 is 0 Å². The number of aromatic nitrogens is 5. The van der Waals surface area contributed by atoms with E-state index in [2.05, 4.69) is 41.1 Å². The fourth-order valence-electron chi connectivity index (χ4n) is 5.21. The largest absolute Gasteiger partial charge is 0.368 e. The lowest BCUT2D eigenvalue weighted by molar-refractivity contribution is -0.117. The Hall–Kier alpha value is -5.33. The topological polar surface area (TPSA) is 150 Å². The van der Waals surface area contributed by atoms with Crippen molar-refractivity contribution in [2.75, 3.05) is 36.7 Å². The molecular weight excluding hydrogens is 548 g/mol. The van der Waals surface area contributed by atoms with Crippen LogP contribution in [0.1, 0.15) is 45.1 Å². The van der Waals surface area contributed by atoms with E-state index < -0.39 is 5.91 Å². The lowest BCUT2D eigenvalue weighted by Gasteiger charge is -2.32. The van der Waals surface area contributed by atoms with Crippen LogP contribution >= 0.6 is 0 Å². The summed E-state index contributed by atoms with van der Waals surface area (Å²) in [6.07, 6.45) is 5.30. The molecule has 1 saturated carbocycles. The Bertz CT molecular complexity index is 1750. The van der Waals surface area contributed by atoms with Gasteiger partial charge in [0.25, 0.3) is 11.8 Å². The van der Waals surface area contributed by atoms with Gasteiger partial charge in [0.1, 0.15) is 5.69 Å². The van der Waals surface area contributed by atoms with Gasteiger partial charge in [0, 0.05) is 70.2 Å². The maximum atomic E-state index is 13.2. The van der Waals surface area contributed by atoms with Crippen molar-refractivity contribution in [3.63, 3.8) is 0 Å². The summed E-state index contributed by atoms with van der Waals surface area (Å²) in [6.45, 7) is 0.914. The summed E-state index contributed by atoms with van der Waals surface area (Å²) in [4.78, 5) is 46.4. The molecule has 43 heavy (non-hydrogen) atoms. The van der Waals surface area contributed by atoms with Crippen molar-refractivity contribution in [1.82, 2.24) is 35.2 Å². The SMILES string of the molecule is CNC(=O)c1nnc(NC(=O)C2CC2)cc1Nc1cccc2c1N(C)Cc1cc(C(=O)N(C)Cc3ccn(C)n3)ncc1-2. The summed E-state index contributed by atoms with van der Waals surface area (Å²) >= 11 is 0. The van der Waals surface area contributed by atoms with Gasteiger partial charge in [-0.25, -0.2) is 0 Å². The normalized spacial score (nSPS) is 13.5. The van der Waals surface area contributed by atoms with E-state index in [1.807, 2.05) is 50.6 Å². The molecule has 6 rings (SSSR count). The molecule has 0 spiro atoms. The molecule has 4 heterocycles. The summed E-state index contributed by atoms with van der Waals surface area (Å²) in [5, 5.41) is 21.3. The Balaban J connectivity index is 1.29. The van der Waals surface area contributed by atoms with Crippen LogP contribution in [0.3, 0.4) is 0 Å². The zero-order chi connectivity index (χ0) is 30.2. The van der Waals surface area contributed by atoms with Gasteiger partial charge < -0.3 is 25.8 Å². The highest BCUT2D eigenvalue weighted by molar-refractivity contribution is 6.01. The van der Waals surface area contributed by atoms with E-state index in [1.165, 1.54) is 7.05 Å². The summed E-state index contributed by atoms with van der Waals surface area (Å²) < 4.78 is 1.71. The molecule has 0 bridgehead atoms. The van der Waals surface area contributed by atoms with E-state index in [0.29, 0.717) is 24.5 Å². The van der Waals surface area contributed by atoms with E-state index in [0.717, 1.165) is 46.6 Å². The lowest BCUT2D eigenvalue weighted by atomic mass is 9.93. The zero-order valence-corrected chi connectivity index (χ0v) is 24.4. The van der Waals surface area contributed by atoms with Crippen LogP contribution in [0, 0.1) is 5.92 Å². The molecule has 13 heteroatoms. The van der Waals surface area contributed by atoms with Gasteiger partial charge in [0.05, 0.1) is 29.3 Å². The highest BCUT2D eigenvalue weighted by atomic mass is 16.2. The molecule has 2 aliphatic rings. The number of hydrogen-bond donors (Lipinski definition) is 3. The highest BCUT2D eigenvalue weighted by Gasteiger charge is 2.30. The molecular formula is C30H32N10O3. The minimum Gasteiger partial charge on any atom is -0.368 e. The van der Waals surface area contributed by atoms with E-state index in [1.54, 1.807) is 28.9 Å². The Morgan fingerprint density at radius 2 is 1.86 bits per heavy atom. The van der Waals surface area contributed by atoms with Crippen LogP contribution in [0.25, 0.3) is 11.1 Å². The molecule has 0 unspecified atom stereocenters. The number of fused-ring (bicyclic) bond motifs is 3. The first-order chi connectivity index (χ1) is 20.7. The Labute approximate surface area is 248 Å². The van der Waals surface area contributed by atoms with Crippen LogP contribution in [0.2, 0.25) is 0 Å². The van der Waals surface area contributed by atoms with Gasteiger partial charge in [-0.1, -0.05) is 12.1 Å². The Morgan fingerprint density at radius 3 is 2.58 bits per heavy atom. The van der Waals surface area contributed by atoms with Crippen molar-refractivity contribution >= 4 is 40.6 Å². The second-order valence-electron chi connectivity index (χ2n) is 10.9. The van der Waals surface area contributed by atoms with Crippen molar-refractivity contribution in [3.8, 4) is 11.1 Å². The van der Waals surface area contributed by atoms with Gasteiger partial charge in [-0.3, -0.25) is 24.0 Å². The molecule has 3 N–H and O–H groups in total. The summed E-state index contributed by atoms with van der Waals surface area (Å²) in [6, 6.07) is 11.2. The second kappa shape index (κ2) is 11.2. The van der Waals surface area contributed by atoms with Crippen LogP contribution in [0.15, 0.2) is 48.8 Å². The fourth-order valence-corrected chi connectivity index (χ4v) is 5.21. The first kappa shape index (κ1) is 27.8. The third-order valence-corrected chi connectivity index (χ3v) is 7.54. The predicted octanol–water partition coefficient (Wildman–Crippen LogP) is 2.95. The maximum Gasteiger partial charge on any atom is 0.273 e. The van der Waals surface area contributed by atoms with Crippen LogP contribution in [0.5, 0.6) is 0 Å². The number of amides is 3. The number of rotatable bonds is 8.